The van der Waals surface area contributed by atoms with Crippen LogP contribution >= 0.6 is 0 Å². The summed E-state index contributed by atoms with van der Waals surface area (Å²) in [7, 11) is 0. The van der Waals surface area contributed by atoms with E-state index in [0.29, 0.717) is 30.1 Å². The minimum absolute atomic E-state index is 0.361. The average Bonchev–Trinajstić information content (AvgIpc) is 2.93. The molecule has 1 aliphatic rings. The molecule has 0 atom stereocenters. The number of allylic oxidation sites excluding steroid dienone is 1. The van der Waals surface area contributed by atoms with Crippen LogP contribution in [0.1, 0.15) is 42.7 Å². The lowest BCUT2D eigenvalue weighted by molar-refractivity contribution is -0.120. The molecule has 0 bridgehead atoms. The zero-order valence-electron chi connectivity index (χ0n) is 11.7. The minimum atomic E-state index is 0.361. The molecule has 21 heavy (non-hydrogen) atoms. The molecule has 0 amide bonds. The molecule has 0 saturated heterocycles. The highest BCUT2D eigenvalue weighted by molar-refractivity contribution is 6.13. The average molecular weight is 282 g/mol. The van der Waals surface area contributed by atoms with Gasteiger partial charge in [0.25, 0.3) is 0 Å². The molecule has 1 fully saturated rings. The van der Waals surface area contributed by atoms with E-state index in [1.165, 1.54) is 12.4 Å². The zero-order valence-corrected chi connectivity index (χ0v) is 11.7. The minimum Gasteiger partial charge on any atom is -0.404 e. The Bertz CT molecular complexity index is 719. The molecule has 3 rings (SSSR count). The van der Waals surface area contributed by atoms with Crippen molar-refractivity contribution < 1.29 is 4.79 Å². The number of hydrogen-bond donors (Lipinski definition) is 3. The number of carbonyl (C=O) groups is 1. The number of aromatic amines is 1. The first-order valence-corrected chi connectivity index (χ1v) is 7.14. The number of ketones is 1. The molecule has 2 aromatic rings. The van der Waals surface area contributed by atoms with Crippen molar-refractivity contribution in [2.24, 2.45) is 5.73 Å². The molecule has 0 spiro atoms. The van der Waals surface area contributed by atoms with Crippen LogP contribution in [0.4, 0.5) is 0 Å². The van der Waals surface area contributed by atoms with Crippen LogP contribution < -0.4 is 5.73 Å². The summed E-state index contributed by atoms with van der Waals surface area (Å²) in [6.45, 7) is 0. The summed E-state index contributed by atoms with van der Waals surface area (Å²) >= 11 is 0. The lowest BCUT2D eigenvalue weighted by Crippen LogP contribution is -2.12. The molecule has 5 nitrogen and oxygen atoms in total. The van der Waals surface area contributed by atoms with Crippen molar-refractivity contribution in [2.75, 3.05) is 0 Å². The van der Waals surface area contributed by atoms with Crippen molar-refractivity contribution in [2.45, 2.75) is 31.6 Å². The lowest BCUT2D eigenvalue weighted by Gasteiger charge is -2.21. The van der Waals surface area contributed by atoms with Gasteiger partial charge in [-0.1, -0.05) is 0 Å². The van der Waals surface area contributed by atoms with Gasteiger partial charge in [-0.3, -0.25) is 4.79 Å². The highest BCUT2D eigenvalue weighted by Gasteiger charge is 2.21. The van der Waals surface area contributed by atoms with Crippen LogP contribution in [0.3, 0.4) is 0 Å². The van der Waals surface area contributed by atoms with Gasteiger partial charge in [0.1, 0.15) is 11.4 Å². The smallest absolute Gasteiger partial charge is 0.137 e. The number of H-pyrrole nitrogens is 1. The Hall–Kier alpha value is -2.43. The van der Waals surface area contributed by atoms with Gasteiger partial charge in [0, 0.05) is 54.2 Å². The van der Waals surface area contributed by atoms with Crippen molar-refractivity contribution >= 4 is 28.6 Å². The second-order valence-corrected chi connectivity index (χ2v) is 5.45. The topological polar surface area (TPSA) is 95.6 Å². The van der Waals surface area contributed by atoms with E-state index >= 15 is 0 Å². The maximum Gasteiger partial charge on any atom is 0.137 e. The van der Waals surface area contributed by atoms with E-state index in [9.17, 15) is 4.79 Å². The Morgan fingerprint density at radius 1 is 1.43 bits per heavy atom. The Labute approximate surface area is 122 Å². The summed E-state index contributed by atoms with van der Waals surface area (Å²) < 4.78 is 0. The second-order valence-electron chi connectivity index (χ2n) is 5.45. The van der Waals surface area contributed by atoms with Crippen molar-refractivity contribution in [3.8, 4) is 0 Å². The van der Waals surface area contributed by atoms with Gasteiger partial charge in [0.05, 0.1) is 0 Å². The molecular weight excluding hydrogens is 264 g/mol. The van der Waals surface area contributed by atoms with Crippen molar-refractivity contribution in [1.82, 2.24) is 9.97 Å². The number of pyridine rings is 1. The number of rotatable bonds is 3. The first-order valence-electron chi connectivity index (χ1n) is 7.14. The van der Waals surface area contributed by atoms with Gasteiger partial charge in [-0.25, -0.2) is 4.98 Å². The number of aromatic nitrogens is 2. The van der Waals surface area contributed by atoms with E-state index in [-0.39, 0.29) is 0 Å². The summed E-state index contributed by atoms with van der Waals surface area (Å²) in [5.74, 6) is 0.757. The van der Waals surface area contributed by atoms with Crippen molar-refractivity contribution in [3.63, 3.8) is 0 Å². The Morgan fingerprint density at radius 2 is 2.19 bits per heavy atom. The van der Waals surface area contributed by atoms with Crippen LogP contribution in [0.15, 0.2) is 24.7 Å². The monoisotopic (exact) mass is 282 g/mol. The van der Waals surface area contributed by atoms with Crippen molar-refractivity contribution in [3.05, 3.63) is 35.8 Å². The number of nitrogens with one attached hydrogen (secondary N) is 2. The molecular formula is C16H18N4O. The fourth-order valence-corrected chi connectivity index (χ4v) is 2.97. The summed E-state index contributed by atoms with van der Waals surface area (Å²) in [6, 6.07) is 2.11. The van der Waals surface area contributed by atoms with Crippen LogP contribution in [-0.2, 0) is 4.79 Å². The molecule has 0 aromatic carbocycles. The lowest BCUT2D eigenvalue weighted by atomic mass is 9.84. The van der Waals surface area contributed by atoms with Crippen LogP contribution in [0, 0.1) is 5.41 Å². The maximum atomic E-state index is 11.4. The maximum absolute atomic E-state index is 11.4. The molecule has 1 saturated carbocycles. The summed E-state index contributed by atoms with van der Waals surface area (Å²) in [6.07, 6.45) is 9.52. The van der Waals surface area contributed by atoms with Gasteiger partial charge in [-0.15, -0.1) is 0 Å². The predicted molar refractivity (Wildman–Crippen MR) is 83.3 cm³/mol. The fraction of sp³-hybridized carbons (Fsp3) is 0.312. The third-order valence-electron chi connectivity index (χ3n) is 4.21. The molecule has 5 heteroatoms. The number of nitrogens with two attached hydrogens (primary N) is 1. The largest absolute Gasteiger partial charge is 0.404 e. The van der Waals surface area contributed by atoms with Gasteiger partial charge >= 0.3 is 0 Å². The first-order chi connectivity index (χ1) is 10.2. The number of Topliss-reactive ketones (excluding diaryl/α,β-unsaturated/α-hetero) is 1. The summed E-state index contributed by atoms with van der Waals surface area (Å²) in [5.41, 5.74) is 9.09. The number of hydrogen-bond acceptors (Lipinski definition) is 4. The number of fused-ring (bicyclic) bond motifs is 1. The summed E-state index contributed by atoms with van der Waals surface area (Å²) in [5, 5.41) is 8.41. The normalized spacial score (nSPS) is 17.3. The second kappa shape index (κ2) is 5.52. The highest BCUT2D eigenvalue weighted by atomic mass is 16.1. The van der Waals surface area contributed by atoms with Gasteiger partial charge < -0.3 is 16.1 Å². The van der Waals surface area contributed by atoms with E-state index < -0.39 is 0 Å². The number of carbonyl (C=O) groups excluding carboxylic acids is 1. The SMILES string of the molecule is N=C/C(=C\N)c1c[nH]c2ncc(C3CCC(=O)CC3)cc12. The molecule has 4 N–H and O–H groups in total. The highest BCUT2D eigenvalue weighted by Crippen LogP contribution is 2.33. The Balaban J connectivity index is 2.00. The quantitative estimate of drug-likeness (QED) is 0.755. The summed E-state index contributed by atoms with van der Waals surface area (Å²) in [4.78, 5) is 18.9. The molecule has 2 aromatic heterocycles. The van der Waals surface area contributed by atoms with E-state index in [0.717, 1.165) is 35.0 Å². The van der Waals surface area contributed by atoms with Crippen LogP contribution in [-0.4, -0.2) is 22.0 Å². The van der Waals surface area contributed by atoms with Crippen molar-refractivity contribution in [1.29, 1.82) is 5.41 Å². The first kappa shape index (κ1) is 13.5. The Kier molecular flexibility index (Phi) is 3.56. The third kappa shape index (κ3) is 2.46. The molecule has 108 valence electrons. The molecule has 0 radical (unpaired) electrons. The molecule has 0 aliphatic heterocycles. The molecule has 0 unspecified atom stereocenters. The van der Waals surface area contributed by atoms with E-state index in [1.807, 2.05) is 12.4 Å². The van der Waals surface area contributed by atoms with Crippen LogP contribution in [0.25, 0.3) is 16.6 Å². The van der Waals surface area contributed by atoms with E-state index in [1.54, 1.807) is 0 Å². The van der Waals surface area contributed by atoms with Crippen LogP contribution in [0.2, 0.25) is 0 Å². The van der Waals surface area contributed by atoms with Gasteiger partial charge in [-0.05, 0) is 30.4 Å². The van der Waals surface area contributed by atoms with Gasteiger partial charge in [-0.2, -0.15) is 0 Å². The third-order valence-corrected chi connectivity index (χ3v) is 4.21. The van der Waals surface area contributed by atoms with E-state index in [2.05, 4.69) is 16.0 Å². The number of nitrogens with zero attached hydrogens (tertiary/aromatic N) is 1. The van der Waals surface area contributed by atoms with Gasteiger partial charge in [0.15, 0.2) is 0 Å². The molecule has 1 aliphatic carbocycles. The predicted octanol–water partition coefficient (Wildman–Crippen LogP) is 2.74. The molecule has 2 heterocycles. The fourth-order valence-electron chi connectivity index (χ4n) is 2.97. The zero-order chi connectivity index (χ0) is 14.8. The van der Waals surface area contributed by atoms with E-state index in [4.69, 9.17) is 11.1 Å². The standard InChI is InChI=1S/C16H18N4O/c17-6-12(7-18)15-9-20-16-14(15)5-11(8-19-16)10-1-3-13(21)4-2-10/h5-10,17H,1-4,18H2,(H,19,20)/b12-7+,17-6?. The van der Waals surface area contributed by atoms with Gasteiger partial charge in [0.2, 0.25) is 0 Å². The van der Waals surface area contributed by atoms with Crippen LogP contribution in [0.5, 0.6) is 0 Å². The Morgan fingerprint density at radius 3 is 2.86 bits per heavy atom.